The molecule has 4 heteroatoms. The van der Waals surface area contributed by atoms with Gasteiger partial charge in [-0.25, -0.2) is 4.79 Å². The molecule has 0 saturated heterocycles. The zero-order chi connectivity index (χ0) is 16.8. The highest BCUT2D eigenvalue weighted by Crippen LogP contribution is 2.14. The van der Waals surface area contributed by atoms with Gasteiger partial charge in [0.2, 0.25) is 0 Å². The van der Waals surface area contributed by atoms with E-state index in [1.807, 2.05) is 31.2 Å². The number of ether oxygens (including phenoxy) is 1. The van der Waals surface area contributed by atoms with E-state index in [1.54, 1.807) is 42.3 Å². The fourth-order valence-electron chi connectivity index (χ4n) is 2.02. The number of benzene rings is 2. The first kappa shape index (κ1) is 16.5. The first-order chi connectivity index (χ1) is 11.0. The zero-order valence-corrected chi connectivity index (χ0v) is 13.4. The normalized spacial score (nSPS) is 10.6. The number of hydrogen-bond acceptors (Lipinski definition) is 3. The monoisotopic (exact) mass is 309 g/mol. The van der Waals surface area contributed by atoms with Crippen molar-refractivity contribution in [2.75, 3.05) is 19.1 Å². The summed E-state index contributed by atoms with van der Waals surface area (Å²) in [6, 6.07) is 14.6. The molecule has 0 bridgehead atoms. The Labute approximate surface area is 136 Å². The minimum absolute atomic E-state index is 0.120. The van der Waals surface area contributed by atoms with E-state index in [0.29, 0.717) is 5.56 Å². The maximum absolute atomic E-state index is 12.2. The van der Waals surface area contributed by atoms with E-state index in [2.05, 4.69) is 4.74 Å². The minimum Gasteiger partial charge on any atom is -0.465 e. The van der Waals surface area contributed by atoms with Crippen LogP contribution in [0.2, 0.25) is 0 Å². The SMILES string of the molecule is COC(=O)c1ccc(/C=C/C(=O)N(C)c2ccc(C)cc2)cc1. The van der Waals surface area contributed by atoms with Crippen LogP contribution >= 0.6 is 0 Å². The van der Waals surface area contributed by atoms with Gasteiger partial charge < -0.3 is 9.64 Å². The number of rotatable bonds is 4. The molecule has 0 saturated carbocycles. The van der Waals surface area contributed by atoms with Crippen LogP contribution < -0.4 is 4.90 Å². The molecule has 4 nitrogen and oxygen atoms in total. The number of nitrogens with zero attached hydrogens (tertiary/aromatic N) is 1. The van der Waals surface area contributed by atoms with E-state index in [4.69, 9.17) is 0 Å². The van der Waals surface area contributed by atoms with Gasteiger partial charge in [-0.2, -0.15) is 0 Å². The lowest BCUT2D eigenvalue weighted by Crippen LogP contribution is -2.23. The van der Waals surface area contributed by atoms with Gasteiger partial charge >= 0.3 is 5.97 Å². The summed E-state index contributed by atoms with van der Waals surface area (Å²) in [6.07, 6.45) is 3.22. The summed E-state index contributed by atoms with van der Waals surface area (Å²) in [5.74, 6) is -0.499. The molecule has 2 aromatic carbocycles. The molecule has 0 aromatic heterocycles. The number of carbonyl (C=O) groups is 2. The molecule has 0 spiro atoms. The van der Waals surface area contributed by atoms with Crippen molar-refractivity contribution in [1.82, 2.24) is 0 Å². The second kappa shape index (κ2) is 7.40. The lowest BCUT2D eigenvalue weighted by atomic mass is 10.1. The number of methoxy groups -OCH3 is 1. The van der Waals surface area contributed by atoms with Crippen LogP contribution in [0.5, 0.6) is 0 Å². The van der Waals surface area contributed by atoms with Crippen LogP contribution in [0.15, 0.2) is 54.6 Å². The molecule has 0 heterocycles. The third-order valence-corrected chi connectivity index (χ3v) is 3.50. The molecular formula is C19H19NO3. The van der Waals surface area contributed by atoms with Gasteiger partial charge in [0, 0.05) is 18.8 Å². The molecule has 0 aliphatic rings. The average molecular weight is 309 g/mol. The molecule has 1 amide bonds. The van der Waals surface area contributed by atoms with Gasteiger partial charge in [-0.3, -0.25) is 4.79 Å². The van der Waals surface area contributed by atoms with Gasteiger partial charge in [-0.15, -0.1) is 0 Å². The second-order valence-corrected chi connectivity index (χ2v) is 5.18. The van der Waals surface area contributed by atoms with E-state index < -0.39 is 0 Å². The Morgan fingerprint density at radius 3 is 2.17 bits per heavy atom. The first-order valence-corrected chi connectivity index (χ1v) is 7.22. The van der Waals surface area contributed by atoms with Gasteiger partial charge in [0.1, 0.15) is 0 Å². The molecule has 0 aliphatic carbocycles. The molecule has 0 radical (unpaired) electrons. The van der Waals surface area contributed by atoms with Gasteiger partial charge in [0.05, 0.1) is 12.7 Å². The quantitative estimate of drug-likeness (QED) is 0.642. The second-order valence-electron chi connectivity index (χ2n) is 5.18. The Kier molecular flexibility index (Phi) is 5.31. The van der Waals surface area contributed by atoms with Crippen molar-refractivity contribution in [1.29, 1.82) is 0 Å². The number of likely N-dealkylation sites (N-methyl/N-ethyl adjacent to an activating group) is 1. The number of carbonyl (C=O) groups excluding carboxylic acids is 2. The Morgan fingerprint density at radius 1 is 1.00 bits per heavy atom. The highest BCUT2D eigenvalue weighted by molar-refractivity contribution is 6.03. The summed E-state index contributed by atoms with van der Waals surface area (Å²) in [5.41, 5.74) is 3.30. The molecule has 2 rings (SSSR count). The van der Waals surface area contributed by atoms with Crippen molar-refractivity contribution in [3.05, 3.63) is 71.3 Å². The first-order valence-electron chi connectivity index (χ1n) is 7.22. The van der Waals surface area contributed by atoms with Crippen LogP contribution in [0.25, 0.3) is 6.08 Å². The van der Waals surface area contributed by atoms with Crippen LogP contribution in [0.1, 0.15) is 21.5 Å². The number of aryl methyl sites for hydroxylation is 1. The number of esters is 1. The lowest BCUT2D eigenvalue weighted by molar-refractivity contribution is -0.113. The van der Waals surface area contributed by atoms with Crippen LogP contribution in [-0.4, -0.2) is 26.0 Å². The molecule has 0 N–H and O–H groups in total. The molecule has 118 valence electrons. The Morgan fingerprint density at radius 2 is 1.61 bits per heavy atom. The zero-order valence-electron chi connectivity index (χ0n) is 13.4. The summed E-state index contributed by atoms with van der Waals surface area (Å²) < 4.78 is 4.65. The van der Waals surface area contributed by atoms with Gasteiger partial charge in [-0.1, -0.05) is 29.8 Å². The van der Waals surface area contributed by atoms with E-state index in [1.165, 1.54) is 13.2 Å². The van der Waals surface area contributed by atoms with Gasteiger partial charge in [0.25, 0.3) is 5.91 Å². The van der Waals surface area contributed by atoms with E-state index in [-0.39, 0.29) is 11.9 Å². The van der Waals surface area contributed by atoms with Gasteiger partial charge in [0.15, 0.2) is 0 Å². The maximum Gasteiger partial charge on any atom is 0.337 e. The third-order valence-electron chi connectivity index (χ3n) is 3.50. The molecule has 2 aromatic rings. The Bertz CT molecular complexity index is 715. The molecule has 23 heavy (non-hydrogen) atoms. The van der Waals surface area contributed by atoms with Crippen LogP contribution in [0.3, 0.4) is 0 Å². The summed E-state index contributed by atoms with van der Waals surface area (Å²) in [5, 5.41) is 0. The van der Waals surface area contributed by atoms with Crippen LogP contribution in [0.4, 0.5) is 5.69 Å². The molecule has 0 aliphatic heterocycles. The standard InChI is InChI=1S/C19H19NO3/c1-14-4-11-17(12-5-14)20(2)18(21)13-8-15-6-9-16(10-7-15)19(22)23-3/h4-13H,1-3H3/b13-8+. The molecular weight excluding hydrogens is 290 g/mol. The number of amides is 1. The topological polar surface area (TPSA) is 46.6 Å². The summed E-state index contributed by atoms with van der Waals surface area (Å²) in [6.45, 7) is 2.00. The van der Waals surface area contributed by atoms with Crippen molar-refractivity contribution in [3.63, 3.8) is 0 Å². The van der Waals surface area contributed by atoms with Crippen molar-refractivity contribution in [2.45, 2.75) is 6.92 Å². The lowest BCUT2D eigenvalue weighted by Gasteiger charge is -2.15. The fourth-order valence-corrected chi connectivity index (χ4v) is 2.02. The van der Waals surface area contributed by atoms with Gasteiger partial charge in [-0.05, 0) is 42.8 Å². The highest BCUT2D eigenvalue weighted by Gasteiger charge is 2.07. The number of hydrogen-bond donors (Lipinski definition) is 0. The van der Waals surface area contributed by atoms with Crippen LogP contribution in [-0.2, 0) is 9.53 Å². The van der Waals surface area contributed by atoms with E-state index in [9.17, 15) is 9.59 Å². The van der Waals surface area contributed by atoms with Crippen molar-refractivity contribution in [3.8, 4) is 0 Å². The van der Waals surface area contributed by atoms with E-state index in [0.717, 1.165) is 16.8 Å². The predicted molar refractivity (Wildman–Crippen MR) is 91.4 cm³/mol. The molecule has 0 unspecified atom stereocenters. The highest BCUT2D eigenvalue weighted by atomic mass is 16.5. The van der Waals surface area contributed by atoms with Crippen molar-refractivity contribution in [2.24, 2.45) is 0 Å². The van der Waals surface area contributed by atoms with Crippen molar-refractivity contribution < 1.29 is 14.3 Å². The van der Waals surface area contributed by atoms with Crippen molar-refractivity contribution >= 4 is 23.6 Å². The fraction of sp³-hybridized carbons (Fsp3) is 0.158. The molecule has 0 atom stereocenters. The Balaban J connectivity index is 2.05. The van der Waals surface area contributed by atoms with Crippen LogP contribution in [0, 0.1) is 6.92 Å². The smallest absolute Gasteiger partial charge is 0.337 e. The molecule has 0 fully saturated rings. The summed E-state index contributed by atoms with van der Waals surface area (Å²) in [7, 11) is 3.08. The minimum atomic E-state index is -0.379. The summed E-state index contributed by atoms with van der Waals surface area (Å²) >= 11 is 0. The average Bonchev–Trinajstić information content (AvgIpc) is 2.59. The number of anilines is 1. The largest absolute Gasteiger partial charge is 0.465 e. The van der Waals surface area contributed by atoms with E-state index >= 15 is 0 Å². The summed E-state index contributed by atoms with van der Waals surface area (Å²) in [4.78, 5) is 25.1. The Hall–Kier alpha value is -2.88. The third kappa shape index (κ3) is 4.30. The maximum atomic E-state index is 12.2. The predicted octanol–water partition coefficient (Wildman–Crippen LogP) is 3.46.